The number of rotatable bonds is 7. The molecule has 2 atom stereocenters. The highest BCUT2D eigenvalue weighted by Gasteiger charge is 2.16. The van der Waals surface area contributed by atoms with Crippen LogP contribution in [0.1, 0.15) is 32.7 Å². The largest absolute Gasteiger partial charge is 0.325 e. The molecule has 0 saturated heterocycles. The van der Waals surface area contributed by atoms with E-state index in [0.29, 0.717) is 17.8 Å². The van der Waals surface area contributed by atoms with Gasteiger partial charge in [-0.15, -0.1) is 0 Å². The Hall–Kier alpha value is -2.67. The van der Waals surface area contributed by atoms with Crippen molar-refractivity contribution in [1.82, 2.24) is 9.78 Å². The fourth-order valence-corrected chi connectivity index (χ4v) is 2.23. The average Bonchev–Trinajstić information content (AvgIpc) is 3.09. The number of carbonyl (C=O) groups is 2. The van der Waals surface area contributed by atoms with Gasteiger partial charge in [0.05, 0.1) is 6.04 Å². The standard InChI is InChI=1S/C17H23N5O2/c1-3-6-15(18)17(24)21-14-8-4-7-13(11-14)20-16(23)12(2)22-10-5-9-19-22/h4-5,7-12,15H,3,6,18H2,1-2H3,(H,20,23)(H,21,24). The van der Waals surface area contributed by atoms with Crippen molar-refractivity contribution in [2.24, 2.45) is 5.73 Å². The Morgan fingerprint density at radius 3 is 2.46 bits per heavy atom. The summed E-state index contributed by atoms with van der Waals surface area (Å²) in [6.07, 6.45) is 4.83. The second-order valence-electron chi connectivity index (χ2n) is 5.62. The Bertz CT molecular complexity index is 684. The number of benzene rings is 1. The summed E-state index contributed by atoms with van der Waals surface area (Å²) < 4.78 is 1.57. The van der Waals surface area contributed by atoms with Crippen molar-refractivity contribution in [2.45, 2.75) is 38.8 Å². The minimum Gasteiger partial charge on any atom is -0.325 e. The summed E-state index contributed by atoms with van der Waals surface area (Å²) >= 11 is 0. The number of nitrogens with zero attached hydrogens (tertiary/aromatic N) is 2. The van der Waals surface area contributed by atoms with Crippen molar-refractivity contribution in [3.8, 4) is 0 Å². The summed E-state index contributed by atoms with van der Waals surface area (Å²) in [5.41, 5.74) is 6.99. The average molecular weight is 329 g/mol. The van der Waals surface area contributed by atoms with Gasteiger partial charge in [0, 0.05) is 23.8 Å². The molecule has 1 aromatic heterocycles. The van der Waals surface area contributed by atoms with E-state index in [0.717, 1.165) is 6.42 Å². The molecule has 0 spiro atoms. The van der Waals surface area contributed by atoms with Crippen LogP contribution in [0.3, 0.4) is 0 Å². The second kappa shape index (κ2) is 8.26. The van der Waals surface area contributed by atoms with Crippen molar-refractivity contribution >= 4 is 23.2 Å². The maximum absolute atomic E-state index is 12.3. The van der Waals surface area contributed by atoms with Crippen LogP contribution in [0.5, 0.6) is 0 Å². The summed E-state index contributed by atoms with van der Waals surface area (Å²) in [5, 5.41) is 9.64. The molecule has 2 aromatic rings. The molecule has 24 heavy (non-hydrogen) atoms. The molecule has 2 amide bonds. The predicted octanol–water partition coefficient (Wildman–Crippen LogP) is 2.15. The van der Waals surface area contributed by atoms with Crippen LogP contribution in [-0.4, -0.2) is 27.6 Å². The molecule has 1 aromatic carbocycles. The quantitative estimate of drug-likeness (QED) is 0.724. The highest BCUT2D eigenvalue weighted by Crippen LogP contribution is 2.17. The molecule has 7 heteroatoms. The Morgan fingerprint density at radius 2 is 1.88 bits per heavy atom. The zero-order chi connectivity index (χ0) is 17.5. The molecule has 0 radical (unpaired) electrons. The molecule has 7 nitrogen and oxygen atoms in total. The Labute approximate surface area is 141 Å². The number of aromatic nitrogens is 2. The van der Waals surface area contributed by atoms with Gasteiger partial charge in [-0.05, 0) is 37.6 Å². The molecule has 0 aliphatic rings. The van der Waals surface area contributed by atoms with Gasteiger partial charge in [-0.3, -0.25) is 14.3 Å². The number of hydrogen-bond acceptors (Lipinski definition) is 4. The number of carbonyl (C=O) groups excluding carboxylic acids is 2. The minimum atomic E-state index is -0.534. The maximum atomic E-state index is 12.3. The highest BCUT2D eigenvalue weighted by molar-refractivity contribution is 5.97. The highest BCUT2D eigenvalue weighted by atomic mass is 16.2. The Morgan fingerprint density at radius 1 is 1.21 bits per heavy atom. The molecular weight excluding hydrogens is 306 g/mol. The molecule has 0 fully saturated rings. The van der Waals surface area contributed by atoms with E-state index in [4.69, 9.17) is 5.73 Å². The second-order valence-corrected chi connectivity index (χ2v) is 5.62. The molecule has 0 bridgehead atoms. The SMILES string of the molecule is CCCC(N)C(=O)Nc1cccc(NC(=O)C(C)n2cccn2)c1. The van der Waals surface area contributed by atoms with E-state index in [1.807, 2.05) is 6.92 Å². The van der Waals surface area contributed by atoms with Gasteiger partial charge in [-0.2, -0.15) is 5.10 Å². The van der Waals surface area contributed by atoms with E-state index < -0.39 is 12.1 Å². The number of anilines is 2. The fourth-order valence-electron chi connectivity index (χ4n) is 2.23. The van der Waals surface area contributed by atoms with Crippen LogP contribution in [0.25, 0.3) is 0 Å². The maximum Gasteiger partial charge on any atom is 0.248 e. The van der Waals surface area contributed by atoms with Crippen molar-refractivity contribution in [3.05, 3.63) is 42.7 Å². The molecule has 0 aliphatic carbocycles. The molecule has 4 N–H and O–H groups in total. The lowest BCUT2D eigenvalue weighted by molar-refractivity contribution is -0.119. The lowest BCUT2D eigenvalue weighted by atomic mass is 10.1. The van der Waals surface area contributed by atoms with E-state index in [9.17, 15) is 9.59 Å². The smallest absolute Gasteiger partial charge is 0.248 e. The summed E-state index contributed by atoms with van der Waals surface area (Å²) in [4.78, 5) is 24.2. The third-order valence-electron chi connectivity index (χ3n) is 3.64. The molecular formula is C17H23N5O2. The number of amides is 2. The molecule has 2 unspecified atom stereocenters. The lowest BCUT2D eigenvalue weighted by Crippen LogP contribution is -2.35. The number of hydrogen-bond donors (Lipinski definition) is 3. The monoisotopic (exact) mass is 329 g/mol. The van der Waals surface area contributed by atoms with E-state index in [-0.39, 0.29) is 11.8 Å². The van der Waals surface area contributed by atoms with Crippen LogP contribution in [0.4, 0.5) is 11.4 Å². The minimum absolute atomic E-state index is 0.190. The van der Waals surface area contributed by atoms with Gasteiger partial charge in [0.1, 0.15) is 6.04 Å². The lowest BCUT2D eigenvalue weighted by Gasteiger charge is -2.14. The van der Waals surface area contributed by atoms with Crippen LogP contribution < -0.4 is 16.4 Å². The Kier molecular flexibility index (Phi) is 6.08. The van der Waals surface area contributed by atoms with Gasteiger partial charge in [0.2, 0.25) is 11.8 Å². The van der Waals surface area contributed by atoms with E-state index in [1.165, 1.54) is 0 Å². The predicted molar refractivity (Wildman–Crippen MR) is 93.5 cm³/mol. The summed E-state index contributed by atoms with van der Waals surface area (Å²) in [5.74, 6) is -0.421. The van der Waals surface area contributed by atoms with Crippen LogP contribution in [-0.2, 0) is 9.59 Å². The summed E-state index contributed by atoms with van der Waals surface area (Å²) in [6, 6.07) is 7.77. The molecule has 0 aliphatic heterocycles. The molecule has 0 saturated carbocycles. The van der Waals surface area contributed by atoms with E-state index >= 15 is 0 Å². The zero-order valence-corrected chi connectivity index (χ0v) is 13.9. The van der Waals surface area contributed by atoms with Gasteiger partial charge in [0.25, 0.3) is 0 Å². The fraction of sp³-hybridized carbons (Fsp3) is 0.353. The third-order valence-corrected chi connectivity index (χ3v) is 3.64. The molecule has 2 rings (SSSR count). The first kappa shape index (κ1) is 17.7. The first-order chi connectivity index (χ1) is 11.5. The van der Waals surface area contributed by atoms with Gasteiger partial charge in [-0.1, -0.05) is 19.4 Å². The van der Waals surface area contributed by atoms with Gasteiger partial charge < -0.3 is 16.4 Å². The Balaban J connectivity index is 2.00. The van der Waals surface area contributed by atoms with Crippen LogP contribution >= 0.6 is 0 Å². The zero-order valence-electron chi connectivity index (χ0n) is 13.9. The third kappa shape index (κ3) is 4.66. The van der Waals surface area contributed by atoms with Crippen molar-refractivity contribution < 1.29 is 9.59 Å². The van der Waals surface area contributed by atoms with Gasteiger partial charge >= 0.3 is 0 Å². The van der Waals surface area contributed by atoms with Gasteiger partial charge in [0.15, 0.2) is 0 Å². The van der Waals surface area contributed by atoms with E-state index in [2.05, 4.69) is 15.7 Å². The molecule has 1 heterocycles. The van der Waals surface area contributed by atoms with E-state index in [1.54, 1.807) is 54.3 Å². The van der Waals surface area contributed by atoms with Crippen LogP contribution in [0.15, 0.2) is 42.7 Å². The van der Waals surface area contributed by atoms with Crippen LogP contribution in [0.2, 0.25) is 0 Å². The number of nitrogens with one attached hydrogen (secondary N) is 2. The van der Waals surface area contributed by atoms with Crippen molar-refractivity contribution in [2.75, 3.05) is 10.6 Å². The van der Waals surface area contributed by atoms with Gasteiger partial charge in [-0.25, -0.2) is 0 Å². The summed E-state index contributed by atoms with van der Waals surface area (Å²) in [6.45, 7) is 3.74. The molecule has 128 valence electrons. The first-order valence-electron chi connectivity index (χ1n) is 7.97. The topological polar surface area (TPSA) is 102 Å². The normalized spacial score (nSPS) is 13.1. The summed E-state index contributed by atoms with van der Waals surface area (Å²) in [7, 11) is 0. The first-order valence-corrected chi connectivity index (χ1v) is 7.97. The van der Waals surface area contributed by atoms with Crippen LogP contribution in [0, 0.1) is 0 Å². The van der Waals surface area contributed by atoms with Crippen molar-refractivity contribution in [1.29, 1.82) is 0 Å². The number of nitrogens with two attached hydrogens (primary N) is 1. The van der Waals surface area contributed by atoms with Crippen molar-refractivity contribution in [3.63, 3.8) is 0 Å².